The number of benzene rings is 1. The Morgan fingerprint density at radius 2 is 1.73 bits per heavy atom. The molecule has 1 rings (SSSR count). The number of phenolic OH excluding ortho intramolecular Hbond substituents is 2. The highest BCUT2D eigenvalue weighted by atomic mass is 16.6. The van der Waals surface area contributed by atoms with Gasteiger partial charge in [-0.25, -0.2) is 9.59 Å². The van der Waals surface area contributed by atoms with E-state index >= 15 is 0 Å². The number of aromatic hydroxyl groups is 2. The zero-order chi connectivity index (χ0) is 16.9. The second kappa shape index (κ2) is 7.02. The van der Waals surface area contributed by atoms with Crippen LogP contribution in [0, 0.1) is 0 Å². The lowest BCUT2D eigenvalue weighted by Crippen LogP contribution is -2.33. The van der Waals surface area contributed by atoms with Gasteiger partial charge in [-0.15, -0.1) is 0 Å². The van der Waals surface area contributed by atoms with Gasteiger partial charge in [0.25, 0.3) is 0 Å². The van der Waals surface area contributed by atoms with Crippen molar-refractivity contribution in [2.75, 3.05) is 6.54 Å². The lowest BCUT2D eigenvalue weighted by molar-refractivity contribution is 0.0526. The van der Waals surface area contributed by atoms with E-state index < -0.39 is 17.7 Å². The number of carbonyl (C=O) groups excluding carboxylic acids is 1. The first-order chi connectivity index (χ1) is 10.1. The molecule has 4 N–H and O–H groups in total. The molecule has 1 aromatic carbocycles. The molecule has 122 valence electrons. The van der Waals surface area contributed by atoms with Gasteiger partial charge in [-0.05, 0) is 45.7 Å². The van der Waals surface area contributed by atoms with Crippen molar-refractivity contribution in [1.29, 1.82) is 0 Å². The van der Waals surface area contributed by atoms with Gasteiger partial charge >= 0.3 is 12.1 Å². The molecule has 0 saturated carbocycles. The van der Waals surface area contributed by atoms with Gasteiger partial charge in [0.05, 0.1) is 5.56 Å². The summed E-state index contributed by atoms with van der Waals surface area (Å²) in [6.07, 6.45) is 0.197. The molecular weight excluding hydrogens is 290 g/mol. The van der Waals surface area contributed by atoms with Crippen LogP contribution in [0.15, 0.2) is 12.1 Å². The molecule has 1 amide bonds. The van der Waals surface area contributed by atoms with Gasteiger partial charge in [-0.2, -0.15) is 0 Å². The molecule has 0 spiro atoms. The zero-order valence-electron chi connectivity index (χ0n) is 12.8. The molecule has 0 radical (unpaired) electrons. The monoisotopic (exact) mass is 311 g/mol. The number of aromatic carboxylic acids is 1. The number of carboxylic acid groups (broad SMARTS) is 1. The summed E-state index contributed by atoms with van der Waals surface area (Å²) in [5.41, 5.74) is -0.519. The number of alkyl carbamates (subject to hydrolysis) is 1. The maximum atomic E-state index is 11.4. The molecule has 0 unspecified atom stereocenters. The van der Waals surface area contributed by atoms with Crippen molar-refractivity contribution in [3.63, 3.8) is 0 Å². The molecule has 1 aromatic rings. The van der Waals surface area contributed by atoms with Crippen LogP contribution in [0.2, 0.25) is 0 Å². The Bertz CT molecular complexity index is 539. The number of hydrogen-bond acceptors (Lipinski definition) is 5. The van der Waals surface area contributed by atoms with Crippen molar-refractivity contribution in [3.8, 4) is 11.5 Å². The molecule has 7 nitrogen and oxygen atoms in total. The Morgan fingerprint density at radius 3 is 2.18 bits per heavy atom. The predicted octanol–water partition coefficient (Wildman–Crippen LogP) is 2.25. The fraction of sp³-hybridized carbons (Fsp3) is 0.467. The summed E-state index contributed by atoms with van der Waals surface area (Å²) >= 11 is 0. The number of nitrogens with one attached hydrogen (secondary N) is 1. The van der Waals surface area contributed by atoms with Crippen LogP contribution in [0.3, 0.4) is 0 Å². The molecule has 7 heteroatoms. The summed E-state index contributed by atoms with van der Waals surface area (Å²) in [5.74, 6) is -1.80. The van der Waals surface area contributed by atoms with Crippen molar-refractivity contribution >= 4 is 12.1 Å². The molecule has 0 bridgehead atoms. The Morgan fingerprint density at radius 1 is 1.18 bits per heavy atom. The van der Waals surface area contributed by atoms with Gasteiger partial charge in [-0.1, -0.05) is 0 Å². The molecule has 0 aromatic heterocycles. The minimum absolute atomic E-state index is 0.189. The topological polar surface area (TPSA) is 116 Å². The Hall–Kier alpha value is -2.44. The normalized spacial score (nSPS) is 11.0. The summed E-state index contributed by atoms with van der Waals surface area (Å²) in [4.78, 5) is 22.2. The third-order valence-electron chi connectivity index (χ3n) is 2.72. The minimum atomic E-state index is -1.23. The molecule has 0 fully saturated rings. The van der Waals surface area contributed by atoms with Gasteiger partial charge in [-0.3, -0.25) is 0 Å². The number of carboxylic acids is 1. The second-order valence-electron chi connectivity index (χ2n) is 5.83. The van der Waals surface area contributed by atoms with Crippen LogP contribution in [0.25, 0.3) is 0 Å². The first-order valence-corrected chi connectivity index (χ1v) is 6.85. The highest BCUT2D eigenvalue weighted by molar-refractivity contribution is 5.89. The number of rotatable bonds is 5. The lowest BCUT2D eigenvalue weighted by atomic mass is 10.0. The maximum absolute atomic E-state index is 11.4. The highest BCUT2D eigenvalue weighted by Crippen LogP contribution is 2.29. The van der Waals surface area contributed by atoms with Crippen LogP contribution in [0.4, 0.5) is 4.79 Å². The van der Waals surface area contributed by atoms with Gasteiger partial charge in [0.2, 0.25) is 0 Å². The average molecular weight is 311 g/mol. The van der Waals surface area contributed by atoms with Gasteiger partial charge < -0.3 is 25.4 Å². The van der Waals surface area contributed by atoms with Crippen molar-refractivity contribution in [1.82, 2.24) is 5.32 Å². The summed E-state index contributed by atoms with van der Waals surface area (Å²) in [6, 6.07) is 2.16. The lowest BCUT2D eigenvalue weighted by Gasteiger charge is -2.19. The Kier molecular flexibility index (Phi) is 5.62. The van der Waals surface area contributed by atoms with Crippen LogP contribution in [0.1, 0.15) is 43.1 Å². The zero-order valence-corrected chi connectivity index (χ0v) is 12.8. The first-order valence-electron chi connectivity index (χ1n) is 6.85. The third-order valence-corrected chi connectivity index (χ3v) is 2.72. The van der Waals surface area contributed by atoms with E-state index in [1.54, 1.807) is 20.8 Å². The smallest absolute Gasteiger partial charge is 0.407 e. The van der Waals surface area contributed by atoms with Gasteiger partial charge in [0.15, 0.2) is 0 Å². The summed E-state index contributed by atoms with van der Waals surface area (Å²) in [6.45, 7) is 5.57. The van der Waals surface area contributed by atoms with Crippen LogP contribution >= 0.6 is 0 Å². The number of ether oxygens (including phenoxy) is 1. The SMILES string of the molecule is CC(C)(C)OC(=O)NCCCc1c(O)cc(C(=O)O)cc1O. The standard InChI is InChI=1S/C15H21NO6/c1-15(2,3)22-14(21)16-6-4-5-10-11(17)7-9(13(19)20)8-12(10)18/h7-8,17-18H,4-6H2,1-3H3,(H,16,21)(H,19,20). The van der Waals surface area contributed by atoms with Crippen LogP contribution in [-0.2, 0) is 11.2 Å². The van der Waals surface area contributed by atoms with E-state index in [2.05, 4.69) is 5.32 Å². The summed E-state index contributed by atoms with van der Waals surface area (Å²) < 4.78 is 5.07. The predicted molar refractivity (Wildman–Crippen MR) is 79.3 cm³/mol. The second-order valence-corrected chi connectivity index (χ2v) is 5.83. The largest absolute Gasteiger partial charge is 0.508 e. The van der Waals surface area contributed by atoms with E-state index in [-0.39, 0.29) is 29.0 Å². The van der Waals surface area contributed by atoms with Crippen molar-refractivity contribution in [2.45, 2.75) is 39.2 Å². The molecule has 0 aliphatic rings. The number of carbonyl (C=O) groups is 2. The first kappa shape index (κ1) is 17.6. The van der Waals surface area contributed by atoms with E-state index in [4.69, 9.17) is 9.84 Å². The van der Waals surface area contributed by atoms with Crippen molar-refractivity contribution in [3.05, 3.63) is 23.3 Å². The Labute approximate surface area is 128 Å². The number of hydrogen-bond donors (Lipinski definition) is 4. The molecule has 0 aliphatic heterocycles. The molecular formula is C15H21NO6. The Balaban J connectivity index is 2.52. The summed E-state index contributed by atoms with van der Waals surface area (Å²) in [7, 11) is 0. The van der Waals surface area contributed by atoms with Crippen LogP contribution in [-0.4, -0.2) is 39.5 Å². The van der Waals surface area contributed by atoms with Gasteiger partial charge in [0.1, 0.15) is 17.1 Å². The number of phenols is 2. The quantitative estimate of drug-likeness (QED) is 0.620. The van der Waals surface area contributed by atoms with E-state index in [9.17, 15) is 19.8 Å². The fourth-order valence-electron chi connectivity index (χ4n) is 1.79. The van der Waals surface area contributed by atoms with E-state index in [1.165, 1.54) is 0 Å². The van der Waals surface area contributed by atoms with Crippen molar-refractivity contribution in [2.24, 2.45) is 0 Å². The third kappa shape index (κ3) is 5.51. The average Bonchev–Trinajstić information content (AvgIpc) is 2.34. The fourth-order valence-corrected chi connectivity index (χ4v) is 1.79. The maximum Gasteiger partial charge on any atom is 0.407 e. The minimum Gasteiger partial charge on any atom is -0.508 e. The van der Waals surface area contributed by atoms with Gasteiger partial charge in [0, 0.05) is 12.1 Å². The molecule has 0 saturated heterocycles. The summed E-state index contributed by atoms with van der Waals surface area (Å²) in [5, 5.41) is 30.9. The van der Waals surface area contributed by atoms with Crippen LogP contribution in [0.5, 0.6) is 11.5 Å². The van der Waals surface area contributed by atoms with E-state index in [0.29, 0.717) is 13.0 Å². The van der Waals surface area contributed by atoms with Crippen LogP contribution < -0.4 is 5.32 Å². The number of amides is 1. The van der Waals surface area contributed by atoms with Crippen molar-refractivity contribution < 1.29 is 29.6 Å². The molecule has 22 heavy (non-hydrogen) atoms. The highest BCUT2D eigenvalue weighted by Gasteiger charge is 2.16. The van der Waals surface area contributed by atoms with E-state index in [1.807, 2.05) is 0 Å². The van der Waals surface area contributed by atoms with E-state index in [0.717, 1.165) is 12.1 Å². The molecule has 0 aliphatic carbocycles. The molecule has 0 heterocycles. The molecule has 0 atom stereocenters.